The Labute approximate surface area is 141 Å². The maximum absolute atomic E-state index is 12.9. The van der Waals surface area contributed by atoms with Gasteiger partial charge in [-0.15, -0.1) is 0 Å². The van der Waals surface area contributed by atoms with E-state index in [0.29, 0.717) is 24.3 Å². The van der Waals surface area contributed by atoms with Crippen LogP contribution in [-0.2, 0) is 4.74 Å². The number of hydrogen-bond donors (Lipinski definition) is 3. The van der Waals surface area contributed by atoms with Gasteiger partial charge in [-0.3, -0.25) is 9.59 Å². The fraction of sp³-hybridized carbons (Fsp3) is 0.222. The number of ketones is 2. The molecule has 2 aromatic carbocycles. The second kappa shape index (κ2) is 4.52. The van der Waals surface area contributed by atoms with Crippen molar-refractivity contribution >= 4 is 11.6 Å². The zero-order chi connectivity index (χ0) is 17.5. The fourth-order valence-corrected chi connectivity index (χ4v) is 3.91. The highest BCUT2D eigenvalue weighted by molar-refractivity contribution is 6.30. The molecule has 0 bridgehead atoms. The van der Waals surface area contributed by atoms with E-state index in [-0.39, 0.29) is 39.7 Å². The molecule has 2 heterocycles. The van der Waals surface area contributed by atoms with Gasteiger partial charge in [-0.1, -0.05) is 0 Å². The highest BCUT2D eigenvalue weighted by Crippen LogP contribution is 2.52. The minimum Gasteiger partial charge on any atom is -0.508 e. The van der Waals surface area contributed by atoms with Gasteiger partial charge in [-0.2, -0.15) is 0 Å². The predicted molar refractivity (Wildman–Crippen MR) is 82.5 cm³/mol. The van der Waals surface area contributed by atoms with E-state index in [2.05, 4.69) is 0 Å². The molecule has 1 aliphatic carbocycles. The zero-order valence-corrected chi connectivity index (χ0v) is 12.8. The number of carbonyl (C=O) groups excluding carboxylic acids is 2. The van der Waals surface area contributed by atoms with Gasteiger partial charge in [-0.05, 0) is 18.6 Å². The van der Waals surface area contributed by atoms with Crippen LogP contribution in [0.25, 0.3) is 0 Å². The highest BCUT2D eigenvalue weighted by Gasteiger charge is 2.45. The summed E-state index contributed by atoms with van der Waals surface area (Å²) in [7, 11) is 0. The maximum atomic E-state index is 12.9. The lowest BCUT2D eigenvalue weighted by Crippen LogP contribution is -2.21. The predicted octanol–water partition coefficient (Wildman–Crippen LogP) is 1.80. The largest absolute Gasteiger partial charge is 0.508 e. The molecular weight excluding hydrogens is 328 g/mol. The fourth-order valence-electron chi connectivity index (χ4n) is 3.91. The molecule has 2 aromatic rings. The lowest BCUT2D eigenvalue weighted by molar-refractivity contribution is -0.0337. The van der Waals surface area contributed by atoms with Gasteiger partial charge in [0, 0.05) is 22.8 Å². The van der Waals surface area contributed by atoms with Crippen molar-refractivity contribution in [2.45, 2.75) is 18.6 Å². The van der Waals surface area contributed by atoms with Crippen LogP contribution in [0.1, 0.15) is 49.7 Å². The molecule has 7 nitrogen and oxygen atoms in total. The number of aromatic hydroxyl groups is 3. The van der Waals surface area contributed by atoms with E-state index in [1.54, 1.807) is 0 Å². The molecule has 0 radical (unpaired) electrons. The Bertz CT molecular complexity index is 992. The Morgan fingerprint density at radius 3 is 2.52 bits per heavy atom. The quantitative estimate of drug-likeness (QED) is 0.572. The smallest absolute Gasteiger partial charge is 0.207 e. The van der Waals surface area contributed by atoms with E-state index < -0.39 is 23.6 Å². The van der Waals surface area contributed by atoms with Crippen molar-refractivity contribution in [3.05, 3.63) is 46.0 Å². The number of carbonyl (C=O) groups is 2. The van der Waals surface area contributed by atoms with E-state index in [1.807, 2.05) is 0 Å². The summed E-state index contributed by atoms with van der Waals surface area (Å²) in [5.74, 6) is -2.25. The van der Waals surface area contributed by atoms with E-state index in [9.17, 15) is 24.9 Å². The van der Waals surface area contributed by atoms with Gasteiger partial charge in [0.25, 0.3) is 0 Å². The minimum atomic E-state index is -0.662. The van der Waals surface area contributed by atoms with Crippen LogP contribution in [0.5, 0.6) is 23.0 Å². The number of hydrogen-bond acceptors (Lipinski definition) is 7. The summed E-state index contributed by atoms with van der Waals surface area (Å²) in [4.78, 5) is 25.7. The molecule has 3 N–H and O–H groups in total. The van der Waals surface area contributed by atoms with Crippen molar-refractivity contribution < 1.29 is 34.4 Å². The summed E-state index contributed by atoms with van der Waals surface area (Å²) in [5, 5.41) is 30.4. The summed E-state index contributed by atoms with van der Waals surface area (Å²) in [5.41, 5.74) is -0.0243. The zero-order valence-electron chi connectivity index (χ0n) is 12.8. The Morgan fingerprint density at radius 1 is 0.960 bits per heavy atom. The van der Waals surface area contributed by atoms with Crippen molar-refractivity contribution in [2.75, 3.05) is 6.61 Å². The molecule has 2 atom stereocenters. The summed E-state index contributed by atoms with van der Waals surface area (Å²) < 4.78 is 11.1. The molecule has 1 fully saturated rings. The number of phenolic OH excluding ortho intramolecular Hbond substituents is 3. The maximum Gasteiger partial charge on any atom is 0.207 e. The number of fused-ring (bicyclic) bond motifs is 5. The van der Waals surface area contributed by atoms with Crippen LogP contribution in [0.4, 0.5) is 0 Å². The van der Waals surface area contributed by atoms with Gasteiger partial charge < -0.3 is 24.8 Å². The van der Waals surface area contributed by atoms with E-state index in [4.69, 9.17) is 9.47 Å². The molecule has 7 heteroatoms. The van der Waals surface area contributed by atoms with Gasteiger partial charge in [0.2, 0.25) is 12.1 Å². The van der Waals surface area contributed by atoms with E-state index in [1.165, 1.54) is 6.07 Å². The second-order valence-corrected chi connectivity index (χ2v) is 6.36. The van der Waals surface area contributed by atoms with Crippen molar-refractivity contribution in [1.82, 2.24) is 0 Å². The second-order valence-electron chi connectivity index (χ2n) is 6.36. The molecule has 0 saturated carbocycles. The van der Waals surface area contributed by atoms with Crippen LogP contribution in [0, 0.1) is 0 Å². The molecule has 3 aliphatic rings. The minimum absolute atomic E-state index is 0.0151. The summed E-state index contributed by atoms with van der Waals surface area (Å²) >= 11 is 0. The highest BCUT2D eigenvalue weighted by atomic mass is 16.7. The Balaban J connectivity index is 1.79. The Hall–Kier alpha value is -3.06. The molecule has 2 aliphatic heterocycles. The third-order valence-corrected chi connectivity index (χ3v) is 5.00. The van der Waals surface area contributed by atoms with Gasteiger partial charge >= 0.3 is 0 Å². The van der Waals surface area contributed by atoms with Gasteiger partial charge in [0.05, 0.1) is 23.7 Å². The first-order chi connectivity index (χ1) is 12.0. The van der Waals surface area contributed by atoms with Crippen LogP contribution in [0.3, 0.4) is 0 Å². The number of rotatable bonds is 0. The van der Waals surface area contributed by atoms with E-state index >= 15 is 0 Å². The average molecular weight is 340 g/mol. The molecule has 0 spiro atoms. The normalized spacial score (nSPS) is 22.9. The van der Waals surface area contributed by atoms with Crippen molar-refractivity contribution in [1.29, 1.82) is 0 Å². The third kappa shape index (κ3) is 1.68. The van der Waals surface area contributed by atoms with Crippen LogP contribution >= 0.6 is 0 Å². The van der Waals surface area contributed by atoms with Crippen molar-refractivity contribution in [3.8, 4) is 23.0 Å². The summed E-state index contributed by atoms with van der Waals surface area (Å²) in [6.45, 7) is 0.487. The van der Waals surface area contributed by atoms with Gasteiger partial charge in [0.1, 0.15) is 23.0 Å². The summed E-state index contributed by atoms with van der Waals surface area (Å²) in [6, 6.07) is 3.54. The van der Waals surface area contributed by atoms with Crippen LogP contribution in [0.15, 0.2) is 18.2 Å². The molecule has 2 unspecified atom stereocenters. The number of phenols is 3. The van der Waals surface area contributed by atoms with Gasteiger partial charge in [0.15, 0.2) is 5.78 Å². The van der Waals surface area contributed by atoms with Gasteiger partial charge in [-0.25, -0.2) is 0 Å². The molecule has 1 saturated heterocycles. The third-order valence-electron chi connectivity index (χ3n) is 5.00. The lowest BCUT2D eigenvalue weighted by Gasteiger charge is -2.21. The van der Waals surface area contributed by atoms with Crippen molar-refractivity contribution in [2.24, 2.45) is 0 Å². The molecule has 0 amide bonds. The first-order valence-corrected chi connectivity index (χ1v) is 7.81. The Kier molecular flexibility index (Phi) is 2.58. The molecule has 5 rings (SSSR count). The van der Waals surface area contributed by atoms with Crippen LogP contribution in [0.2, 0.25) is 0 Å². The van der Waals surface area contributed by atoms with Crippen LogP contribution in [-0.4, -0.2) is 39.8 Å². The number of benzene rings is 2. The molecule has 25 heavy (non-hydrogen) atoms. The van der Waals surface area contributed by atoms with Crippen LogP contribution < -0.4 is 4.74 Å². The number of ether oxygens (including phenoxy) is 2. The SMILES string of the molecule is O=C1c2cc(O)cc(O)c2C(=O)c2c1cc1c(c2O)C2CCOC2O1. The monoisotopic (exact) mass is 340 g/mol. The Morgan fingerprint density at radius 2 is 1.72 bits per heavy atom. The average Bonchev–Trinajstić information content (AvgIpc) is 3.11. The first-order valence-electron chi connectivity index (χ1n) is 7.81. The summed E-state index contributed by atoms with van der Waals surface area (Å²) in [6.07, 6.45) is 0.108. The first kappa shape index (κ1) is 14.3. The lowest BCUT2D eigenvalue weighted by atomic mass is 9.80. The molecular formula is C18H12O7. The topological polar surface area (TPSA) is 113 Å². The van der Waals surface area contributed by atoms with Crippen molar-refractivity contribution in [3.63, 3.8) is 0 Å². The molecule has 0 aromatic heterocycles. The standard InChI is InChI=1S/C18H12O7/c19-6-3-8-12(10(20)4-6)16(22)14-9(15(8)21)5-11-13(17(14)23)7-1-2-24-18(7)25-11/h3-5,7,18-20,23H,1-2H2. The molecule has 126 valence electrons. The van der Waals surface area contributed by atoms with E-state index in [0.717, 1.165) is 12.1 Å².